The highest BCUT2D eigenvalue weighted by Crippen LogP contribution is 2.24. The zero-order valence-corrected chi connectivity index (χ0v) is 11.4. The Labute approximate surface area is 117 Å². The first kappa shape index (κ1) is 12.3. The van der Waals surface area contributed by atoms with E-state index >= 15 is 0 Å². The zero-order chi connectivity index (χ0) is 14.1. The minimum atomic E-state index is 0.557. The minimum Gasteiger partial charge on any atom is -0.384 e. The average Bonchev–Trinajstić information content (AvgIpc) is 2.81. The van der Waals surface area contributed by atoms with Gasteiger partial charge < -0.3 is 5.73 Å². The number of anilines is 1. The van der Waals surface area contributed by atoms with Crippen LogP contribution in [0.3, 0.4) is 0 Å². The maximum absolute atomic E-state index is 6.05. The van der Waals surface area contributed by atoms with E-state index in [1.54, 1.807) is 4.68 Å². The number of nitrogens with zero attached hydrogens (tertiary/aromatic N) is 4. The molecule has 2 heterocycles. The summed E-state index contributed by atoms with van der Waals surface area (Å²) in [6.45, 7) is 3.96. The van der Waals surface area contributed by atoms with Gasteiger partial charge in [0.1, 0.15) is 12.1 Å². The van der Waals surface area contributed by atoms with Gasteiger partial charge in [-0.3, -0.25) is 0 Å². The van der Waals surface area contributed by atoms with Crippen LogP contribution in [0.5, 0.6) is 0 Å². The SMILES string of the molecule is Cc1cc(-n2nc(-c3ccccc3C)cc2N)ncn1. The number of hydrogen-bond donors (Lipinski definition) is 1. The van der Waals surface area contributed by atoms with Crippen molar-refractivity contribution >= 4 is 5.82 Å². The average molecular weight is 265 g/mol. The Hall–Kier alpha value is -2.69. The van der Waals surface area contributed by atoms with Crippen LogP contribution in [-0.2, 0) is 0 Å². The highest BCUT2D eigenvalue weighted by molar-refractivity contribution is 5.66. The van der Waals surface area contributed by atoms with Gasteiger partial charge >= 0.3 is 0 Å². The van der Waals surface area contributed by atoms with Crippen LogP contribution in [0.4, 0.5) is 5.82 Å². The van der Waals surface area contributed by atoms with Gasteiger partial charge in [-0.15, -0.1) is 0 Å². The summed E-state index contributed by atoms with van der Waals surface area (Å²) >= 11 is 0. The second-order valence-corrected chi connectivity index (χ2v) is 4.70. The van der Waals surface area contributed by atoms with Crippen molar-refractivity contribution in [1.82, 2.24) is 19.7 Å². The molecule has 100 valence electrons. The van der Waals surface area contributed by atoms with E-state index in [-0.39, 0.29) is 0 Å². The fourth-order valence-corrected chi connectivity index (χ4v) is 2.13. The second-order valence-electron chi connectivity index (χ2n) is 4.70. The molecular formula is C15H15N5. The van der Waals surface area contributed by atoms with Crippen molar-refractivity contribution in [1.29, 1.82) is 0 Å². The third-order valence-electron chi connectivity index (χ3n) is 3.16. The standard InChI is InChI=1S/C15H15N5/c1-10-5-3-4-6-12(10)13-8-14(16)20(19-13)15-7-11(2)17-9-18-15/h3-9H,16H2,1-2H3. The molecule has 5 heteroatoms. The molecule has 0 atom stereocenters. The first-order chi connectivity index (χ1) is 9.65. The first-order valence-electron chi connectivity index (χ1n) is 6.36. The Morgan fingerprint density at radius 3 is 2.60 bits per heavy atom. The summed E-state index contributed by atoms with van der Waals surface area (Å²) in [7, 11) is 0. The predicted molar refractivity (Wildman–Crippen MR) is 78.5 cm³/mol. The van der Waals surface area contributed by atoms with E-state index < -0.39 is 0 Å². The Kier molecular flexibility index (Phi) is 2.95. The Morgan fingerprint density at radius 1 is 1.05 bits per heavy atom. The second kappa shape index (κ2) is 4.77. The lowest BCUT2D eigenvalue weighted by atomic mass is 10.1. The third kappa shape index (κ3) is 2.14. The van der Waals surface area contributed by atoms with Crippen molar-refractivity contribution in [2.24, 2.45) is 0 Å². The van der Waals surface area contributed by atoms with Gasteiger partial charge in [-0.2, -0.15) is 9.78 Å². The van der Waals surface area contributed by atoms with Gasteiger partial charge in [0.25, 0.3) is 0 Å². The normalized spacial score (nSPS) is 10.7. The molecule has 2 aromatic heterocycles. The van der Waals surface area contributed by atoms with E-state index in [9.17, 15) is 0 Å². The Bertz CT molecular complexity index is 760. The van der Waals surface area contributed by atoms with Crippen molar-refractivity contribution < 1.29 is 0 Å². The Balaban J connectivity index is 2.10. The van der Waals surface area contributed by atoms with Crippen molar-refractivity contribution in [3.63, 3.8) is 0 Å². The maximum Gasteiger partial charge on any atom is 0.159 e. The largest absolute Gasteiger partial charge is 0.384 e. The molecule has 0 spiro atoms. The molecule has 0 fully saturated rings. The van der Waals surface area contributed by atoms with Crippen LogP contribution in [0, 0.1) is 13.8 Å². The fourth-order valence-electron chi connectivity index (χ4n) is 2.13. The lowest BCUT2D eigenvalue weighted by Crippen LogP contribution is -2.04. The molecule has 0 aliphatic carbocycles. The molecule has 2 N–H and O–H groups in total. The molecule has 0 saturated carbocycles. The molecule has 0 unspecified atom stereocenters. The van der Waals surface area contributed by atoms with E-state index in [0.29, 0.717) is 11.6 Å². The molecule has 0 radical (unpaired) electrons. The smallest absolute Gasteiger partial charge is 0.159 e. The molecule has 0 amide bonds. The van der Waals surface area contributed by atoms with E-state index in [0.717, 1.165) is 22.5 Å². The summed E-state index contributed by atoms with van der Waals surface area (Å²) < 4.78 is 1.64. The Morgan fingerprint density at radius 2 is 1.85 bits per heavy atom. The number of benzene rings is 1. The van der Waals surface area contributed by atoms with Gasteiger partial charge in [0.2, 0.25) is 0 Å². The van der Waals surface area contributed by atoms with Crippen LogP contribution < -0.4 is 5.73 Å². The number of nitrogens with two attached hydrogens (primary N) is 1. The monoisotopic (exact) mass is 265 g/mol. The molecule has 0 aliphatic heterocycles. The number of aromatic nitrogens is 4. The van der Waals surface area contributed by atoms with Crippen molar-refractivity contribution in [2.45, 2.75) is 13.8 Å². The number of aryl methyl sites for hydroxylation is 2. The van der Waals surface area contributed by atoms with Gasteiger partial charge in [-0.1, -0.05) is 24.3 Å². The van der Waals surface area contributed by atoms with Crippen LogP contribution in [-0.4, -0.2) is 19.7 Å². The fraction of sp³-hybridized carbons (Fsp3) is 0.133. The van der Waals surface area contributed by atoms with Crippen LogP contribution in [0.25, 0.3) is 17.1 Å². The number of hydrogen-bond acceptors (Lipinski definition) is 4. The van der Waals surface area contributed by atoms with Gasteiger partial charge in [0.15, 0.2) is 5.82 Å². The van der Waals surface area contributed by atoms with Crippen LogP contribution in [0.15, 0.2) is 42.7 Å². The third-order valence-corrected chi connectivity index (χ3v) is 3.16. The van der Waals surface area contributed by atoms with Gasteiger partial charge in [0, 0.05) is 23.4 Å². The van der Waals surface area contributed by atoms with Gasteiger partial charge in [0.05, 0.1) is 5.69 Å². The lowest BCUT2D eigenvalue weighted by Gasteiger charge is -2.03. The predicted octanol–water partition coefficient (Wildman–Crippen LogP) is 2.53. The molecule has 5 nitrogen and oxygen atoms in total. The van der Waals surface area contributed by atoms with Crippen LogP contribution in [0.1, 0.15) is 11.3 Å². The van der Waals surface area contributed by atoms with Gasteiger partial charge in [-0.05, 0) is 19.4 Å². The first-order valence-corrected chi connectivity index (χ1v) is 6.36. The summed E-state index contributed by atoms with van der Waals surface area (Å²) in [6.07, 6.45) is 1.51. The van der Waals surface area contributed by atoms with Crippen molar-refractivity contribution in [3.05, 3.63) is 54.0 Å². The molecular weight excluding hydrogens is 250 g/mol. The number of nitrogen functional groups attached to an aromatic ring is 1. The van der Waals surface area contributed by atoms with Gasteiger partial charge in [-0.25, -0.2) is 9.97 Å². The summed E-state index contributed by atoms with van der Waals surface area (Å²) in [5, 5.41) is 4.55. The van der Waals surface area contributed by atoms with Crippen LogP contribution in [0.2, 0.25) is 0 Å². The number of rotatable bonds is 2. The molecule has 0 saturated heterocycles. The molecule has 1 aromatic carbocycles. The van der Waals surface area contributed by atoms with E-state index in [1.165, 1.54) is 6.33 Å². The molecule has 3 aromatic rings. The summed E-state index contributed by atoms with van der Waals surface area (Å²) in [6, 6.07) is 11.8. The summed E-state index contributed by atoms with van der Waals surface area (Å²) in [5.74, 6) is 1.23. The highest BCUT2D eigenvalue weighted by Gasteiger charge is 2.11. The molecule has 20 heavy (non-hydrogen) atoms. The van der Waals surface area contributed by atoms with E-state index in [1.807, 2.05) is 37.3 Å². The summed E-state index contributed by atoms with van der Waals surface area (Å²) in [4.78, 5) is 8.29. The topological polar surface area (TPSA) is 69.6 Å². The quantitative estimate of drug-likeness (QED) is 0.773. The zero-order valence-electron chi connectivity index (χ0n) is 11.4. The van der Waals surface area contributed by atoms with Crippen molar-refractivity contribution in [2.75, 3.05) is 5.73 Å². The van der Waals surface area contributed by atoms with Crippen molar-refractivity contribution in [3.8, 4) is 17.1 Å². The minimum absolute atomic E-state index is 0.557. The lowest BCUT2D eigenvalue weighted by molar-refractivity contribution is 0.847. The highest BCUT2D eigenvalue weighted by atomic mass is 15.3. The van der Waals surface area contributed by atoms with E-state index in [2.05, 4.69) is 28.1 Å². The molecule has 3 rings (SSSR count). The summed E-state index contributed by atoms with van der Waals surface area (Å²) in [5.41, 5.74) is 10.0. The maximum atomic E-state index is 6.05. The van der Waals surface area contributed by atoms with Crippen LogP contribution >= 0.6 is 0 Å². The van der Waals surface area contributed by atoms with E-state index in [4.69, 9.17) is 5.73 Å². The molecule has 0 bridgehead atoms. The molecule has 0 aliphatic rings.